The van der Waals surface area contributed by atoms with Crippen LogP contribution in [0.5, 0.6) is 11.6 Å². The molecule has 3 heterocycles. The van der Waals surface area contributed by atoms with Gasteiger partial charge in [-0.25, -0.2) is 18.4 Å². The molecule has 13 nitrogen and oxygen atoms in total. The Morgan fingerprint density at radius 1 is 1.07 bits per heavy atom. The van der Waals surface area contributed by atoms with Crippen molar-refractivity contribution in [2.45, 2.75) is 140 Å². The standard InChI is InChI=1S/C42H58N4O9S/c1-6-26-22-42(26,40(50)45-56(51,52)29-16-17-29)23-35(47)34-20-28-24-46(34)39(49)30(41(2,3)4)21-37(48)55-36-14-10-12-25(36)11-8-7-9-13-32-38(54-28)44-33-19-27(53-5)15-18-31(33)43-32/h6,15,18-19,25-26,28-30,34,36-37,48H,1,7-14,16-17,20-24H2,2-5H3,(H,45,50)/t25-,26-,28-,30-,34+,36?,37?,42-/m1/s1. The normalized spacial score (nSPS) is 31.7. The maximum absolute atomic E-state index is 14.9. The van der Waals surface area contributed by atoms with Gasteiger partial charge in [0.1, 0.15) is 17.5 Å². The molecule has 1 aromatic carbocycles. The molecule has 7 rings (SSSR count). The average molecular weight is 795 g/mol. The number of aryl methyl sites for hydroxylation is 1. The number of rotatable bonds is 8. The van der Waals surface area contributed by atoms with Gasteiger partial charge >= 0.3 is 0 Å². The number of hydrogen-bond donors (Lipinski definition) is 2. The molecule has 2 N–H and O–H groups in total. The number of sulfonamides is 1. The Morgan fingerprint density at radius 3 is 2.54 bits per heavy atom. The molecule has 3 aliphatic carbocycles. The number of carbonyl (C=O) groups excluding carboxylic acids is 3. The average Bonchev–Trinajstić information content (AvgIpc) is 4.04. The Morgan fingerprint density at radius 2 is 1.84 bits per heavy atom. The van der Waals surface area contributed by atoms with Crippen molar-refractivity contribution in [3.8, 4) is 11.6 Å². The molecular weight excluding hydrogens is 737 g/mol. The van der Waals surface area contributed by atoms with Crippen LogP contribution in [0.15, 0.2) is 30.9 Å². The molecule has 5 aliphatic rings. The van der Waals surface area contributed by atoms with Gasteiger partial charge in [0.05, 0.1) is 47.5 Å². The topological polar surface area (TPSA) is 174 Å². The van der Waals surface area contributed by atoms with Crippen LogP contribution in [0, 0.1) is 28.6 Å². The van der Waals surface area contributed by atoms with Gasteiger partial charge in [0.15, 0.2) is 12.1 Å². The summed E-state index contributed by atoms with van der Waals surface area (Å²) < 4.78 is 46.3. The number of allylic oxidation sites excluding steroid dienone is 1. The van der Waals surface area contributed by atoms with Crippen molar-refractivity contribution in [2.75, 3.05) is 13.7 Å². The minimum Gasteiger partial charge on any atom is -0.497 e. The van der Waals surface area contributed by atoms with Crippen LogP contribution in [-0.2, 0) is 35.6 Å². The zero-order valence-corrected chi connectivity index (χ0v) is 34.0. The molecule has 1 aromatic heterocycles. The Balaban J connectivity index is 1.22. The summed E-state index contributed by atoms with van der Waals surface area (Å²) in [7, 11) is -2.26. The van der Waals surface area contributed by atoms with Crippen LogP contribution in [0.2, 0.25) is 0 Å². The molecule has 1 saturated heterocycles. The van der Waals surface area contributed by atoms with E-state index < -0.39 is 56.4 Å². The van der Waals surface area contributed by atoms with E-state index in [1.807, 2.05) is 32.9 Å². The fourth-order valence-corrected chi connectivity index (χ4v) is 10.6. The lowest BCUT2D eigenvalue weighted by molar-refractivity contribution is -0.169. The highest BCUT2D eigenvalue weighted by atomic mass is 32.2. The molecule has 2 amide bonds. The van der Waals surface area contributed by atoms with Gasteiger partial charge in [-0.1, -0.05) is 46.1 Å². The third-order valence-electron chi connectivity index (χ3n) is 12.9. The first-order valence-corrected chi connectivity index (χ1v) is 22.0. The molecular formula is C42H58N4O9S. The molecule has 56 heavy (non-hydrogen) atoms. The zero-order valence-electron chi connectivity index (χ0n) is 33.2. The molecule has 2 unspecified atom stereocenters. The van der Waals surface area contributed by atoms with E-state index in [4.69, 9.17) is 24.2 Å². The number of aliphatic hydroxyl groups excluding tert-OH is 1. The number of ether oxygens (including phenoxy) is 3. The van der Waals surface area contributed by atoms with Crippen LogP contribution in [0.4, 0.5) is 0 Å². The summed E-state index contributed by atoms with van der Waals surface area (Å²) in [6, 6.07) is 4.54. The Bertz CT molecular complexity index is 1950. The number of hydrogen-bond acceptors (Lipinski definition) is 11. The highest BCUT2D eigenvalue weighted by Gasteiger charge is 2.61. The molecule has 306 valence electrons. The number of ketones is 1. The summed E-state index contributed by atoms with van der Waals surface area (Å²) in [5.74, 6) is -1.17. The summed E-state index contributed by atoms with van der Waals surface area (Å²) in [6.07, 6.45) is 8.30. The zero-order chi connectivity index (χ0) is 40.0. The molecule has 0 radical (unpaired) electrons. The van der Waals surface area contributed by atoms with Crippen molar-refractivity contribution >= 4 is 38.7 Å². The number of nitrogens with zero attached hydrogens (tertiary/aromatic N) is 3. The van der Waals surface area contributed by atoms with E-state index in [-0.39, 0.29) is 55.9 Å². The quantitative estimate of drug-likeness (QED) is 0.327. The van der Waals surface area contributed by atoms with E-state index in [0.717, 1.165) is 44.9 Å². The molecule has 4 fully saturated rings. The lowest BCUT2D eigenvalue weighted by Crippen LogP contribution is -2.49. The minimum absolute atomic E-state index is 0.0561. The van der Waals surface area contributed by atoms with Crippen molar-refractivity contribution < 1.29 is 42.1 Å². The second-order valence-corrected chi connectivity index (χ2v) is 19.9. The smallest absolute Gasteiger partial charge is 0.240 e. The van der Waals surface area contributed by atoms with Gasteiger partial charge in [-0.15, -0.1) is 6.58 Å². The summed E-state index contributed by atoms with van der Waals surface area (Å²) in [5, 5.41) is 10.8. The lowest BCUT2D eigenvalue weighted by Gasteiger charge is -2.36. The first-order chi connectivity index (χ1) is 26.6. The monoisotopic (exact) mass is 794 g/mol. The third-order valence-corrected chi connectivity index (χ3v) is 14.7. The molecule has 0 spiro atoms. The number of benzene rings is 1. The predicted octanol–water partition coefficient (Wildman–Crippen LogP) is 5.42. The lowest BCUT2D eigenvalue weighted by atomic mass is 9.77. The number of fused-ring (bicyclic) bond motifs is 5. The van der Waals surface area contributed by atoms with Crippen LogP contribution >= 0.6 is 0 Å². The van der Waals surface area contributed by atoms with E-state index in [2.05, 4.69) is 11.3 Å². The molecule has 3 saturated carbocycles. The second kappa shape index (κ2) is 16.0. The summed E-state index contributed by atoms with van der Waals surface area (Å²) in [5.41, 5.74) is 0.118. The molecule has 2 aliphatic heterocycles. The highest BCUT2D eigenvalue weighted by molar-refractivity contribution is 7.90. The van der Waals surface area contributed by atoms with E-state index in [1.54, 1.807) is 24.2 Å². The van der Waals surface area contributed by atoms with E-state index in [0.29, 0.717) is 53.5 Å². The molecule has 8 atom stereocenters. The van der Waals surface area contributed by atoms with Crippen molar-refractivity contribution in [2.24, 2.45) is 28.6 Å². The van der Waals surface area contributed by atoms with E-state index in [9.17, 15) is 27.9 Å². The Hall–Kier alpha value is -3.62. The Labute approximate surface area is 330 Å². The van der Waals surface area contributed by atoms with Gasteiger partial charge in [0.25, 0.3) is 0 Å². The number of Topliss-reactive ketones (excluding diaryl/α,β-unsaturated/α-hetero) is 1. The first kappa shape index (κ1) is 40.6. The maximum Gasteiger partial charge on any atom is 0.240 e. The van der Waals surface area contributed by atoms with Gasteiger partial charge in [0.2, 0.25) is 27.7 Å². The van der Waals surface area contributed by atoms with Gasteiger partial charge in [-0.3, -0.25) is 19.1 Å². The van der Waals surface area contributed by atoms with E-state index in [1.165, 1.54) is 0 Å². The van der Waals surface area contributed by atoms with Crippen LogP contribution in [0.25, 0.3) is 11.0 Å². The van der Waals surface area contributed by atoms with Crippen LogP contribution in [0.1, 0.15) is 110 Å². The van der Waals surface area contributed by atoms with Crippen LogP contribution in [0.3, 0.4) is 0 Å². The largest absolute Gasteiger partial charge is 0.497 e. The SMILES string of the molecule is C=C[C@@H]1C[C@]1(CC(=O)[C@@H]1C[C@@H]2CN1C(=O)[C@H](C(C)(C)C)CC(O)OC1CCC[C@H]1CCCCCc1nc3ccc(OC)cc3nc1O2)C(=O)NS(=O)(=O)C1CC1. The van der Waals surface area contributed by atoms with Gasteiger partial charge < -0.3 is 24.2 Å². The van der Waals surface area contributed by atoms with Gasteiger partial charge in [-0.2, -0.15) is 0 Å². The van der Waals surface area contributed by atoms with E-state index >= 15 is 0 Å². The number of amides is 2. The molecule has 14 heteroatoms. The number of nitrogens with one attached hydrogen (secondary N) is 1. The van der Waals surface area contributed by atoms with Crippen molar-refractivity contribution in [1.82, 2.24) is 19.6 Å². The first-order valence-electron chi connectivity index (χ1n) is 20.5. The van der Waals surface area contributed by atoms with Crippen molar-refractivity contribution in [3.05, 3.63) is 36.5 Å². The fraction of sp³-hybridized carbons (Fsp3) is 0.690. The predicted molar refractivity (Wildman–Crippen MR) is 209 cm³/mol. The number of aromatic nitrogens is 2. The van der Waals surface area contributed by atoms with Gasteiger partial charge in [0, 0.05) is 31.2 Å². The number of methoxy groups -OCH3 is 1. The molecule has 2 aromatic rings. The molecule has 2 bridgehead atoms. The number of carbonyl (C=O) groups is 3. The second-order valence-electron chi connectivity index (χ2n) is 17.9. The van der Waals surface area contributed by atoms with Crippen molar-refractivity contribution in [1.29, 1.82) is 0 Å². The summed E-state index contributed by atoms with van der Waals surface area (Å²) in [4.78, 5) is 54.5. The van der Waals surface area contributed by atoms with Crippen molar-refractivity contribution in [3.63, 3.8) is 0 Å². The summed E-state index contributed by atoms with van der Waals surface area (Å²) in [6.45, 7) is 9.75. The van der Waals surface area contributed by atoms with Gasteiger partial charge in [-0.05, 0) is 80.8 Å². The summed E-state index contributed by atoms with van der Waals surface area (Å²) >= 11 is 0. The Kier molecular flexibility index (Phi) is 11.6. The third kappa shape index (κ3) is 8.62. The highest BCUT2D eigenvalue weighted by Crippen LogP contribution is 2.57. The van der Waals surface area contributed by atoms with Crippen LogP contribution < -0.4 is 14.2 Å². The number of aliphatic hydroxyl groups is 1. The maximum atomic E-state index is 14.9. The minimum atomic E-state index is -3.85. The fourth-order valence-electron chi connectivity index (χ4n) is 9.21. The van der Waals surface area contributed by atoms with Crippen LogP contribution in [-0.4, -0.2) is 89.4 Å².